The Hall–Kier alpha value is -2.34. The fourth-order valence-electron chi connectivity index (χ4n) is 2.06. The summed E-state index contributed by atoms with van der Waals surface area (Å²) in [5.41, 5.74) is 2.09. The Morgan fingerprint density at radius 1 is 1.09 bits per heavy atom. The second kappa shape index (κ2) is 6.62. The van der Waals surface area contributed by atoms with Crippen LogP contribution in [0.3, 0.4) is 0 Å². The normalized spacial score (nSPS) is 10.2. The molecule has 0 unspecified atom stereocenters. The average Bonchev–Trinajstić information content (AvgIpc) is 2.48. The monoisotopic (exact) mass is 321 g/mol. The summed E-state index contributed by atoms with van der Waals surface area (Å²) in [5.74, 6) is 0.556. The molecule has 0 bridgehead atoms. The van der Waals surface area contributed by atoms with Gasteiger partial charge in [0.25, 0.3) is 5.91 Å². The molecule has 1 aromatic carbocycles. The highest BCUT2D eigenvalue weighted by molar-refractivity contribution is 6.32. The van der Waals surface area contributed by atoms with E-state index in [0.717, 1.165) is 0 Å². The molecular formula is C15H16ClN3O3. The Kier molecular flexibility index (Phi) is 4.82. The van der Waals surface area contributed by atoms with Crippen molar-refractivity contribution in [3.8, 4) is 11.5 Å². The first-order valence-corrected chi connectivity index (χ1v) is 6.86. The molecule has 0 atom stereocenters. The van der Waals surface area contributed by atoms with E-state index in [4.69, 9.17) is 21.1 Å². The molecule has 22 heavy (non-hydrogen) atoms. The van der Waals surface area contributed by atoms with E-state index < -0.39 is 0 Å². The van der Waals surface area contributed by atoms with Gasteiger partial charge >= 0.3 is 0 Å². The van der Waals surface area contributed by atoms with Crippen LogP contribution in [0.4, 0.5) is 5.69 Å². The Labute approximate surface area is 133 Å². The largest absolute Gasteiger partial charge is 0.495 e. The summed E-state index contributed by atoms with van der Waals surface area (Å²) in [6.45, 7) is 3.51. The summed E-state index contributed by atoms with van der Waals surface area (Å²) >= 11 is 6.05. The molecule has 7 heteroatoms. The second-order valence-electron chi connectivity index (χ2n) is 4.56. The molecule has 1 amide bonds. The molecule has 0 radical (unpaired) electrons. The smallest absolute Gasteiger partial charge is 0.259 e. The standard InChI is InChI=1S/C15H16ClN3O3/c1-8-14(9(2)18-7-17-8)15(20)19-11-6-12(21-3)10(16)5-13(11)22-4/h5-7H,1-4H3,(H,19,20). The number of aromatic nitrogens is 2. The van der Waals surface area contributed by atoms with E-state index >= 15 is 0 Å². The van der Waals surface area contributed by atoms with E-state index in [1.165, 1.54) is 20.5 Å². The van der Waals surface area contributed by atoms with Crippen LogP contribution >= 0.6 is 11.6 Å². The lowest BCUT2D eigenvalue weighted by molar-refractivity contribution is 0.102. The van der Waals surface area contributed by atoms with Crippen LogP contribution in [0.2, 0.25) is 5.02 Å². The molecule has 0 aliphatic carbocycles. The number of nitrogens with zero attached hydrogens (tertiary/aromatic N) is 2. The maximum Gasteiger partial charge on any atom is 0.259 e. The molecule has 116 valence electrons. The number of carbonyl (C=O) groups is 1. The number of rotatable bonds is 4. The molecule has 1 heterocycles. The maximum absolute atomic E-state index is 12.5. The zero-order chi connectivity index (χ0) is 16.3. The van der Waals surface area contributed by atoms with Gasteiger partial charge in [0.15, 0.2) is 0 Å². The fraction of sp³-hybridized carbons (Fsp3) is 0.267. The summed E-state index contributed by atoms with van der Waals surface area (Å²) in [6.07, 6.45) is 1.42. The summed E-state index contributed by atoms with van der Waals surface area (Å²) in [6, 6.07) is 3.19. The SMILES string of the molecule is COc1cc(NC(=O)c2c(C)ncnc2C)c(OC)cc1Cl. The number of aryl methyl sites for hydroxylation is 2. The zero-order valence-electron chi connectivity index (χ0n) is 12.7. The molecule has 0 aliphatic heterocycles. The van der Waals surface area contributed by atoms with Crippen LogP contribution in [0.15, 0.2) is 18.5 Å². The Morgan fingerprint density at radius 2 is 1.68 bits per heavy atom. The lowest BCUT2D eigenvalue weighted by atomic mass is 10.1. The van der Waals surface area contributed by atoms with Crippen molar-refractivity contribution in [3.63, 3.8) is 0 Å². The minimum atomic E-state index is -0.321. The number of nitrogens with one attached hydrogen (secondary N) is 1. The van der Waals surface area contributed by atoms with Crippen molar-refractivity contribution in [1.29, 1.82) is 0 Å². The van der Waals surface area contributed by atoms with Crippen molar-refractivity contribution in [2.24, 2.45) is 0 Å². The Balaban J connectivity index is 2.40. The van der Waals surface area contributed by atoms with E-state index in [2.05, 4.69) is 15.3 Å². The van der Waals surface area contributed by atoms with Gasteiger partial charge in [-0.25, -0.2) is 9.97 Å². The third-order valence-electron chi connectivity index (χ3n) is 3.18. The van der Waals surface area contributed by atoms with Crippen molar-refractivity contribution in [2.45, 2.75) is 13.8 Å². The van der Waals surface area contributed by atoms with Crippen LogP contribution < -0.4 is 14.8 Å². The topological polar surface area (TPSA) is 73.3 Å². The number of hydrogen-bond acceptors (Lipinski definition) is 5. The van der Waals surface area contributed by atoms with Gasteiger partial charge in [-0.05, 0) is 13.8 Å². The number of hydrogen-bond donors (Lipinski definition) is 1. The predicted molar refractivity (Wildman–Crippen MR) is 84.0 cm³/mol. The molecule has 2 aromatic rings. The Bertz CT molecular complexity index is 699. The number of carbonyl (C=O) groups excluding carboxylic acids is 1. The molecule has 0 fully saturated rings. The molecule has 0 saturated heterocycles. The van der Waals surface area contributed by atoms with Gasteiger partial charge in [0.05, 0.1) is 41.9 Å². The van der Waals surface area contributed by atoms with E-state index in [1.807, 2.05) is 0 Å². The van der Waals surface area contributed by atoms with Crippen molar-refractivity contribution in [1.82, 2.24) is 9.97 Å². The van der Waals surface area contributed by atoms with Crippen molar-refractivity contribution in [3.05, 3.63) is 40.4 Å². The van der Waals surface area contributed by atoms with Gasteiger partial charge in [0, 0.05) is 12.1 Å². The van der Waals surface area contributed by atoms with E-state index in [1.54, 1.807) is 26.0 Å². The number of halogens is 1. The molecule has 0 aliphatic rings. The van der Waals surface area contributed by atoms with Crippen LogP contribution in [0.1, 0.15) is 21.7 Å². The van der Waals surface area contributed by atoms with Crippen LogP contribution in [-0.2, 0) is 0 Å². The van der Waals surface area contributed by atoms with Crippen LogP contribution in [0.25, 0.3) is 0 Å². The first-order chi connectivity index (χ1) is 10.5. The molecular weight excluding hydrogens is 306 g/mol. The highest BCUT2D eigenvalue weighted by Gasteiger charge is 2.17. The van der Waals surface area contributed by atoms with Gasteiger partial charge in [-0.2, -0.15) is 0 Å². The van der Waals surface area contributed by atoms with Crippen molar-refractivity contribution in [2.75, 3.05) is 19.5 Å². The lowest BCUT2D eigenvalue weighted by Gasteiger charge is -2.14. The van der Waals surface area contributed by atoms with Crippen LogP contribution in [0, 0.1) is 13.8 Å². The van der Waals surface area contributed by atoms with Gasteiger partial charge in [-0.3, -0.25) is 4.79 Å². The van der Waals surface area contributed by atoms with Crippen molar-refractivity contribution >= 4 is 23.2 Å². The molecule has 0 saturated carbocycles. The second-order valence-corrected chi connectivity index (χ2v) is 4.97. The van der Waals surface area contributed by atoms with Crippen LogP contribution in [-0.4, -0.2) is 30.1 Å². The third-order valence-corrected chi connectivity index (χ3v) is 3.47. The maximum atomic E-state index is 12.5. The van der Waals surface area contributed by atoms with E-state index in [0.29, 0.717) is 39.2 Å². The Morgan fingerprint density at radius 3 is 2.23 bits per heavy atom. The van der Waals surface area contributed by atoms with Gasteiger partial charge in [0.1, 0.15) is 17.8 Å². The highest BCUT2D eigenvalue weighted by Crippen LogP contribution is 2.36. The van der Waals surface area contributed by atoms with E-state index in [-0.39, 0.29) is 5.91 Å². The minimum Gasteiger partial charge on any atom is -0.495 e. The lowest BCUT2D eigenvalue weighted by Crippen LogP contribution is -2.17. The quantitative estimate of drug-likeness (QED) is 0.937. The first kappa shape index (κ1) is 16.0. The van der Waals surface area contributed by atoms with Crippen molar-refractivity contribution < 1.29 is 14.3 Å². The summed E-state index contributed by atoms with van der Waals surface area (Å²) in [5, 5.41) is 3.17. The molecule has 6 nitrogen and oxygen atoms in total. The zero-order valence-corrected chi connectivity index (χ0v) is 13.5. The summed E-state index contributed by atoms with van der Waals surface area (Å²) in [7, 11) is 2.99. The molecule has 2 rings (SSSR count). The number of anilines is 1. The molecule has 0 spiro atoms. The third kappa shape index (κ3) is 3.12. The summed E-state index contributed by atoms with van der Waals surface area (Å²) in [4.78, 5) is 20.6. The van der Waals surface area contributed by atoms with Gasteiger partial charge in [-0.1, -0.05) is 11.6 Å². The van der Waals surface area contributed by atoms with Gasteiger partial charge < -0.3 is 14.8 Å². The van der Waals surface area contributed by atoms with E-state index in [9.17, 15) is 4.79 Å². The summed E-state index contributed by atoms with van der Waals surface area (Å²) < 4.78 is 10.4. The number of ether oxygens (including phenoxy) is 2. The first-order valence-electron chi connectivity index (χ1n) is 6.49. The number of amides is 1. The minimum absolute atomic E-state index is 0.321. The number of methoxy groups -OCH3 is 2. The van der Waals surface area contributed by atoms with Crippen LogP contribution in [0.5, 0.6) is 11.5 Å². The number of benzene rings is 1. The van der Waals surface area contributed by atoms with Gasteiger partial charge in [-0.15, -0.1) is 0 Å². The average molecular weight is 322 g/mol. The fourth-order valence-corrected chi connectivity index (χ4v) is 2.30. The predicted octanol–water partition coefficient (Wildman–Crippen LogP) is 3.02. The van der Waals surface area contributed by atoms with Gasteiger partial charge in [0.2, 0.25) is 0 Å². The molecule has 1 N–H and O–H groups in total. The highest BCUT2D eigenvalue weighted by atomic mass is 35.5. The molecule has 1 aromatic heterocycles.